The van der Waals surface area contributed by atoms with Gasteiger partial charge in [-0.25, -0.2) is 0 Å². The molecular formula is C11H23NO. The minimum Gasteiger partial charge on any atom is -0.396 e. The van der Waals surface area contributed by atoms with Crippen LogP contribution in [-0.2, 0) is 0 Å². The van der Waals surface area contributed by atoms with Crippen LogP contribution in [0, 0.1) is 11.3 Å². The van der Waals surface area contributed by atoms with E-state index in [2.05, 4.69) is 32.6 Å². The molecule has 1 rings (SSSR count). The molecule has 1 aliphatic heterocycles. The fourth-order valence-electron chi connectivity index (χ4n) is 2.16. The maximum Gasteiger partial charge on any atom is 0.0437 e. The summed E-state index contributed by atoms with van der Waals surface area (Å²) in [7, 11) is 0. The summed E-state index contributed by atoms with van der Waals surface area (Å²) in [6.45, 7) is 11.7. The molecule has 0 radical (unpaired) electrons. The van der Waals surface area contributed by atoms with Crippen molar-refractivity contribution in [1.29, 1.82) is 0 Å². The van der Waals surface area contributed by atoms with Gasteiger partial charge in [-0.05, 0) is 26.2 Å². The van der Waals surface area contributed by atoms with E-state index in [9.17, 15) is 0 Å². The molecule has 0 bridgehead atoms. The van der Waals surface area contributed by atoms with Crippen molar-refractivity contribution in [2.75, 3.05) is 19.7 Å². The van der Waals surface area contributed by atoms with E-state index in [1.54, 1.807) is 0 Å². The average Bonchev–Trinajstić information content (AvgIpc) is 1.94. The summed E-state index contributed by atoms with van der Waals surface area (Å²) >= 11 is 0. The Kier molecular flexibility index (Phi) is 3.36. The Labute approximate surface area is 81.9 Å². The molecule has 0 amide bonds. The van der Waals surface area contributed by atoms with Crippen molar-refractivity contribution >= 4 is 0 Å². The molecule has 0 aliphatic carbocycles. The van der Waals surface area contributed by atoms with E-state index >= 15 is 0 Å². The average molecular weight is 185 g/mol. The molecule has 0 saturated carbocycles. The van der Waals surface area contributed by atoms with Gasteiger partial charge in [0.1, 0.15) is 0 Å². The molecule has 0 spiro atoms. The summed E-state index contributed by atoms with van der Waals surface area (Å²) in [6.07, 6.45) is 0.966. The molecule has 0 aromatic carbocycles. The number of likely N-dealkylation sites (tertiary alicyclic amines) is 1. The van der Waals surface area contributed by atoms with Crippen LogP contribution < -0.4 is 0 Å². The molecule has 0 atom stereocenters. The Morgan fingerprint density at radius 1 is 1.23 bits per heavy atom. The second kappa shape index (κ2) is 3.97. The largest absolute Gasteiger partial charge is 0.396 e. The number of rotatable bonds is 4. The second-order valence-corrected chi connectivity index (χ2v) is 4.99. The maximum absolute atomic E-state index is 9.02. The van der Waals surface area contributed by atoms with Crippen LogP contribution in [0.3, 0.4) is 0 Å². The summed E-state index contributed by atoms with van der Waals surface area (Å²) < 4.78 is 0. The van der Waals surface area contributed by atoms with Gasteiger partial charge in [-0.2, -0.15) is 0 Å². The van der Waals surface area contributed by atoms with Gasteiger partial charge in [-0.3, -0.25) is 4.90 Å². The van der Waals surface area contributed by atoms with E-state index in [1.165, 1.54) is 13.1 Å². The SMILES string of the molecule is CC(C)N1CC(CCO)(C(C)C)C1. The van der Waals surface area contributed by atoms with Crippen molar-refractivity contribution in [2.24, 2.45) is 11.3 Å². The van der Waals surface area contributed by atoms with Gasteiger partial charge >= 0.3 is 0 Å². The van der Waals surface area contributed by atoms with Crippen LogP contribution in [0.15, 0.2) is 0 Å². The fourth-order valence-corrected chi connectivity index (χ4v) is 2.16. The minimum atomic E-state index is 0.337. The first kappa shape index (κ1) is 11.0. The topological polar surface area (TPSA) is 23.5 Å². The van der Waals surface area contributed by atoms with Gasteiger partial charge in [0, 0.05) is 31.2 Å². The molecule has 1 aliphatic rings. The Morgan fingerprint density at radius 3 is 2.08 bits per heavy atom. The zero-order valence-corrected chi connectivity index (χ0v) is 9.38. The molecule has 1 fully saturated rings. The predicted molar refractivity (Wildman–Crippen MR) is 55.7 cm³/mol. The molecule has 1 N–H and O–H groups in total. The third-order valence-electron chi connectivity index (χ3n) is 3.60. The Bertz CT molecular complexity index is 159. The van der Waals surface area contributed by atoms with Crippen LogP contribution in [0.1, 0.15) is 34.1 Å². The standard InChI is InChI=1S/C11H23NO/c1-9(2)11(5-6-13)7-12(8-11)10(3)4/h9-10,13H,5-8H2,1-4H3. The molecule has 0 unspecified atom stereocenters. The van der Waals surface area contributed by atoms with E-state index in [-0.39, 0.29) is 0 Å². The highest BCUT2D eigenvalue weighted by molar-refractivity contribution is 4.97. The first-order valence-corrected chi connectivity index (χ1v) is 5.37. The number of hydrogen-bond donors (Lipinski definition) is 1. The summed E-state index contributed by atoms with van der Waals surface area (Å²) in [5, 5.41) is 9.02. The van der Waals surface area contributed by atoms with Gasteiger partial charge < -0.3 is 5.11 Å². The number of nitrogens with zero attached hydrogens (tertiary/aromatic N) is 1. The van der Waals surface area contributed by atoms with Gasteiger partial charge in [0.25, 0.3) is 0 Å². The van der Waals surface area contributed by atoms with E-state index < -0.39 is 0 Å². The zero-order chi connectivity index (χ0) is 10.1. The van der Waals surface area contributed by atoms with Crippen LogP contribution >= 0.6 is 0 Å². The first-order valence-electron chi connectivity index (χ1n) is 5.37. The molecule has 13 heavy (non-hydrogen) atoms. The van der Waals surface area contributed by atoms with Crippen molar-refractivity contribution in [1.82, 2.24) is 4.90 Å². The van der Waals surface area contributed by atoms with E-state index in [4.69, 9.17) is 5.11 Å². The van der Waals surface area contributed by atoms with Crippen molar-refractivity contribution in [2.45, 2.75) is 40.2 Å². The molecular weight excluding hydrogens is 162 g/mol. The van der Waals surface area contributed by atoms with Crippen molar-refractivity contribution in [3.8, 4) is 0 Å². The van der Waals surface area contributed by atoms with Crippen LogP contribution in [0.2, 0.25) is 0 Å². The van der Waals surface area contributed by atoms with E-state index in [0.717, 1.165) is 6.42 Å². The summed E-state index contributed by atoms with van der Waals surface area (Å²) in [5.41, 5.74) is 0.402. The van der Waals surface area contributed by atoms with Crippen LogP contribution in [-0.4, -0.2) is 35.7 Å². The van der Waals surface area contributed by atoms with E-state index in [1.807, 2.05) is 0 Å². The van der Waals surface area contributed by atoms with Gasteiger partial charge in [0.05, 0.1) is 0 Å². The predicted octanol–water partition coefficient (Wildman–Crippen LogP) is 1.74. The van der Waals surface area contributed by atoms with Gasteiger partial charge in [0.2, 0.25) is 0 Å². The van der Waals surface area contributed by atoms with Crippen LogP contribution in [0.5, 0.6) is 0 Å². The Morgan fingerprint density at radius 2 is 1.77 bits per heavy atom. The first-order chi connectivity index (χ1) is 6.02. The lowest BCUT2D eigenvalue weighted by molar-refractivity contribution is -0.0683. The maximum atomic E-state index is 9.02. The van der Waals surface area contributed by atoms with Crippen molar-refractivity contribution in [3.05, 3.63) is 0 Å². The smallest absolute Gasteiger partial charge is 0.0437 e. The highest BCUT2D eigenvalue weighted by atomic mass is 16.3. The van der Waals surface area contributed by atoms with Crippen LogP contribution in [0.25, 0.3) is 0 Å². The lowest BCUT2D eigenvalue weighted by atomic mass is 9.68. The monoisotopic (exact) mass is 185 g/mol. The van der Waals surface area contributed by atoms with Gasteiger partial charge in [-0.15, -0.1) is 0 Å². The Balaban J connectivity index is 2.48. The van der Waals surface area contributed by atoms with Gasteiger partial charge in [-0.1, -0.05) is 13.8 Å². The van der Waals surface area contributed by atoms with Gasteiger partial charge in [0.15, 0.2) is 0 Å². The quantitative estimate of drug-likeness (QED) is 0.721. The normalized spacial score (nSPS) is 22.4. The zero-order valence-electron chi connectivity index (χ0n) is 9.38. The third-order valence-corrected chi connectivity index (χ3v) is 3.60. The van der Waals surface area contributed by atoms with Crippen molar-refractivity contribution < 1.29 is 5.11 Å². The molecule has 2 nitrogen and oxygen atoms in total. The highest BCUT2D eigenvalue weighted by Crippen LogP contribution is 2.41. The Hall–Kier alpha value is -0.0800. The number of hydrogen-bond acceptors (Lipinski definition) is 2. The fraction of sp³-hybridized carbons (Fsp3) is 1.00. The molecule has 0 aromatic rings. The number of aliphatic hydroxyl groups excluding tert-OH is 1. The van der Waals surface area contributed by atoms with E-state index in [0.29, 0.717) is 24.0 Å². The minimum absolute atomic E-state index is 0.337. The second-order valence-electron chi connectivity index (χ2n) is 4.99. The molecule has 0 aromatic heterocycles. The molecule has 78 valence electrons. The lowest BCUT2D eigenvalue weighted by Crippen LogP contribution is -2.61. The molecule has 1 saturated heterocycles. The molecule has 1 heterocycles. The van der Waals surface area contributed by atoms with Crippen LogP contribution in [0.4, 0.5) is 0 Å². The summed E-state index contributed by atoms with van der Waals surface area (Å²) in [4.78, 5) is 2.48. The highest BCUT2D eigenvalue weighted by Gasteiger charge is 2.45. The van der Waals surface area contributed by atoms with Crippen molar-refractivity contribution in [3.63, 3.8) is 0 Å². The summed E-state index contributed by atoms with van der Waals surface area (Å²) in [5.74, 6) is 0.689. The summed E-state index contributed by atoms with van der Waals surface area (Å²) in [6, 6.07) is 0.658. The lowest BCUT2D eigenvalue weighted by Gasteiger charge is -2.54. The number of aliphatic hydroxyl groups is 1. The molecule has 2 heteroatoms. The third kappa shape index (κ3) is 2.05.